The Bertz CT molecular complexity index is 1570. The van der Waals surface area contributed by atoms with E-state index >= 15 is 0 Å². The number of carbonyl (C=O) groups is 7. The fraction of sp³-hybridized carbons (Fsp3) is 0.641. The highest BCUT2D eigenvalue weighted by molar-refractivity contribution is 7.98. The van der Waals surface area contributed by atoms with Gasteiger partial charge in [-0.15, -0.1) is 0 Å². The fourth-order valence-corrected chi connectivity index (χ4v) is 6.56. The van der Waals surface area contributed by atoms with Crippen molar-refractivity contribution in [1.82, 2.24) is 31.9 Å². The van der Waals surface area contributed by atoms with E-state index in [0.717, 1.165) is 5.56 Å². The van der Waals surface area contributed by atoms with Gasteiger partial charge in [0, 0.05) is 6.54 Å². The first-order valence-corrected chi connectivity index (χ1v) is 21.9. The van der Waals surface area contributed by atoms with Gasteiger partial charge < -0.3 is 59.3 Å². The highest BCUT2D eigenvalue weighted by Crippen LogP contribution is 2.11. The van der Waals surface area contributed by atoms with E-state index < -0.39 is 89.0 Å². The minimum atomic E-state index is -1.59. The number of carboxylic acids is 1. The van der Waals surface area contributed by atoms with Gasteiger partial charge in [0.25, 0.3) is 0 Å². The molecule has 0 saturated heterocycles. The van der Waals surface area contributed by atoms with Crippen molar-refractivity contribution < 1.29 is 43.8 Å². The summed E-state index contributed by atoms with van der Waals surface area (Å²) in [6.07, 6.45) is 2.31. The number of unbranched alkanes of at least 4 members (excludes halogenated alkanes) is 1. The number of rotatable bonds is 29. The third-order valence-corrected chi connectivity index (χ3v) is 10.2. The number of thioether (sulfide) groups is 1. The molecule has 0 aromatic heterocycles. The topological polar surface area (TPSA) is 323 Å². The van der Waals surface area contributed by atoms with E-state index in [0.29, 0.717) is 31.6 Å². The number of thiol groups is 1. The van der Waals surface area contributed by atoms with Gasteiger partial charge in [-0.25, -0.2) is 4.79 Å². The molecule has 14 N–H and O–H groups in total. The maximum atomic E-state index is 13.7. The Labute approximate surface area is 362 Å². The molecule has 0 spiro atoms. The van der Waals surface area contributed by atoms with Gasteiger partial charge in [0.15, 0.2) is 5.96 Å². The number of carbonyl (C=O) groups excluding carboxylic acids is 6. The van der Waals surface area contributed by atoms with Crippen LogP contribution < -0.4 is 49.1 Å². The summed E-state index contributed by atoms with van der Waals surface area (Å²) in [5, 5.41) is 34.8. The van der Waals surface area contributed by atoms with Crippen molar-refractivity contribution in [3.05, 3.63) is 35.9 Å². The summed E-state index contributed by atoms with van der Waals surface area (Å²) in [5.74, 6) is -5.43. The number of aliphatic hydroxyl groups is 1. The van der Waals surface area contributed by atoms with Crippen molar-refractivity contribution in [2.75, 3.05) is 25.1 Å². The van der Waals surface area contributed by atoms with Crippen LogP contribution in [-0.4, -0.2) is 130 Å². The highest BCUT2D eigenvalue weighted by Gasteiger charge is 2.34. The molecule has 0 saturated carbocycles. The van der Waals surface area contributed by atoms with E-state index in [1.165, 1.54) is 25.6 Å². The van der Waals surface area contributed by atoms with Crippen LogP contribution in [0, 0.1) is 5.92 Å². The molecule has 0 aliphatic heterocycles. The van der Waals surface area contributed by atoms with Crippen molar-refractivity contribution in [2.24, 2.45) is 28.1 Å². The number of hydrogen-bond acceptors (Lipinski definition) is 12. The lowest BCUT2D eigenvalue weighted by atomic mass is 10.0. The average molecular weight is 883 g/mol. The first-order valence-electron chi connectivity index (χ1n) is 20.0. The fourth-order valence-electron chi connectivity index (χ4n) is 5.80. The zero-order valence-corrected chi connectivity index (χ0v) is 36.9. The van der Waals surface area contributed by atoms with E-state index in [9.17, 15) is 43.8 Å². The number of hydrogen-bond donors (Lipinski definition) is 12. The van der Waals surface area contributed by atoms with Crippen LogP contribution in [0.1, 0.15) is 78.2 Å². The molecule has 338 valence electrons. The van der Waals surface area contributed by atoms with Crippen molar-refractivity contribution in [2.45, 2.75) is 127 Å². The van der Waals surface area contributed by atoms with E-state index in [-0.39, 0.29) is 50.5 Å². The molecule has 0 unspecified atom stereocenters. The molecule has 1 rings (SSSR count). The van der Waals surface area contributed by atoms with Gasteiger partial charge in [-0.05, 0) is 95.2 Å². The molecule has 1 aromatic carbocycles. The van der Waals surface area contributed by atoms with Gasteiger partial charge in [-0.1, -0.05) is 44.2 Å². The zero-order chi connectivity index (χ0) is 45.4. The number of amides is 6. The quantitative estimate of drug-likeness (QED) is 0.0197. The Morgan fingerprint density at radius 2 is 1.25 bits per heavy atom. The molecular weight excluding hydrogens is 817 g/mol. The number of carboxylic acid groups (broad SMARTS) is 1. The Balaban J connectivity index is 3.15. The van der Waals surface area contributed by atoms with Crippen LogP contribution in [0.2, 0.25) is 0 Å². The predicted octanol–water partition coefficient (Wildman–Crippen LogP) is -1.10. The summed E-state index contributed by atoms with van der Waals surface area (Å²) in [5.41, 5.74) is 17.4. The summed E-state index contributed by atoms with van der Waals surface area (Å²) >= 11 is 5.84. The molecule has 0 aliphatic rings. The Hall–Kier alpha value is -4.60. The number of nitrogens with one attached hydrogen (secondary N) is 6. The van der Waals surface area contributed by atoms with Gasteiger partial charge >= 0.3 is 5.97 Å². The Morgan fingerprint density at radius 3 is 1.78 bits per heavy atom. The molecule has 6 amide bonds. The molecule has 19 nitrogen and oxygen atoms in total. The van der Waals surface area contributed by atoms with E-state index in [4.69, 9.17) is 17.2 Å². The van der Waals surface area contributed by atoms with E-state index in [2.05, 4.69) is 49.5 Å². The monoisotopic (exact) mass is 882 g/mol. The Morgan fingerprint density at radius 1 is 0.717 bits per heavy atom. The molecule has 1 aromatic rings. The van der Waals surface area contributed by atoms with Crippen LogP contribution in [0.5, 0.6) is 0 Å². The van der Waals surface area contributed by atoms with Crippen LogP contribution in [0.15, 0.2) is 35.3 Å². The molecule has 8 atom stereocenters. The molecule has 0 aliphatic carbocycles. The average Bonchev–Trinajstić information content (AvgIpc) is 3.18. The summed E-state index contributed by atoms with van der Waals surface area (Å²) in [7, 11) is 0. The van der Waals surface area contributed by atoms with Gasteiger partial charge in [0.05, 0.1) is 11.4 Å². The third-order valence-electron chi connectivity index (χ3n) is 9.11. The summed E-state index contributed by atoms with van der Waals surface area (Å²) < 4.78 is 0. The molecule has 0 radical (unpaired) electrons. The van der Waals surface area contributed by atoms with Crippen molar-refractivity contribution in [3.8, 4) is 0 Å². The number of guanidine groups is 1. The van der Waals surface area contributed by atoms with Gasteiger partial charge in [-0.2, -0.15) is 24.4 Å². The molecular formula is C39H66N10O9S2. The van der Waals surface area contributed by atoms with Crippen molar-refractivity contribution >= 4 is 71.8 Å². The summed E-state index contributed by atoms with van der Waals surface area (Å²) in [6, 6.07) is 1.63. The summed E-state index contributed by atoms with van der Waals surface area (Å²) in [6.45, 7) is 6.69. The smallest absolute Gasteiger partial charge is 0.326 e. The lowest BCUT2D eigenvalue weighted by Crippen LogP contribution is -2.61. The number of aliphatic carboxylic acids is 1. The number of benzene rings is 1. The number of aliphatic imine (C=N–C) groups is 1. The maximum Gasteiger partial charge on any atom is 0.326 e. The minimum Gasteiger partial charge on any atom is -0.480 e. The predicted molar refractivity (Wildman–Crippen MR) is 235 cm³/mol. The van der Waals surface area contributed by atoms with Gasteiger partial charge in [0.1, 0.15) is 36.3 Å². The van der Waals surface area contributed by atoms with Crippen LogP contribution >= 0.6 is 24.4 Å². The normalized spacial score (nSPS) is 15.1. The summed E-state index contributed by atoms with van der Waals surface area (Å²) in [4.78, 5) is 96.3. The van der Waals surface area contributed by atoms with Crippen molar-refractivity contribution in [1.29, 1.82) is 0 Å². The van der Waals surface area contributed by atoms with Gasteiger partial charge in [0.2, 0.25) is 35.4 Å². The van der Waals surface area contributed by atoms with Crippen LogP contribution in [0.4, 0.5) is 0 Å². The maximum absolute atomic E-state index is 13.7. The molecule has 0 fully saturated rings. The second-order valence-electron chi connectivity index (χ2n) is 14.9. The molecule has 0 bridgehead atoms. The number of aliphatic hydroxyl groups excluding tert-OH is 1. The van der Waals surface area contributed by atoms with E-state index in [1.807, 2.05) is 50.4 Å². The molecule has 21 heteroatoms. The first kappa shape index (κ1) is 53.4. The van der Waals surface area contributed by atoms with Crippen LogP contribution in [0.3, 0.4) is 0 Å². The standard InChI is InChI=1S/C39H66N10O9S2/c1-22(2)20-29(38(57)58)48-35(54)28(16-19-60-5)45-34(53)26(14-9-10-17-40)47-37(56)31(24(4)50)49-32(51)23(3)44-33(52)27(15-11-18-43-39(41)42)46-36(55)30(59)21-25-12-7-6-8-13-25/h6-8,12-13,22-24,26-31,50,59H,9-11,14-21,40H2,1-5H3,(H,44,52)(H,45,53)(H,46,55)(H,47,56)(H,48,54)(H,49,51)(H,57,58)(H4,41,42,43)/t23-,24+,26-,27-,28-,29-,30+,31-/m0/s1. The zero-order valence-electron chi connectivity index (χ0n) is 35.1. The first-order chi connectivity index (χ1) is 28.3. The van der Waals surface area contributed by atoms with E-state index in [1.54, 1.807) is 0 Å². The second kappa shape index (κ2) is 28.8. The van der Waals surface area contributed by atoms with Crippen molar-refractivity contribution in [3.63, 3.8) is 0 Å². The van der Waals surface area contributed by atoms with Gasteiger partial charge in [-0.3, -0.25) is 33.8 Å². The van der Waals surface area contributed by atoms with Crippen LogP contribution in [0.25, 0.3) is 0 Å². The number of nitrogens with two attached hydrogens (primary N) is 3. The molecule has 60 heavy (non-hydrogen) atoms. The Kier molecular flexibility index (Phi) is 25.6. The number of nitrogens with zero attached hydrogens (tertiary/aromatic N) is 1. The third kappa shape index (κ3) is 21.1. The highest BCUT2D eigenvalue weighted by atomic mass is 32.2. The second-order valence-corrected chi connectivity index (χ2v) is 16.5. The lowest BCUT2D eigenvalue weighted by Gasteiger charge is -2.28. The largest absolute Gasteiger partial charge is 0.480 e. The molecule has 0 heterocycles. The van der Waals surface area contributed by atoms with Crippen LogP contribution in [-0.2, 0) is 40.0 Å². The lowest BCUT2D eigenvalue weighted by molar-refractivity contribution is -0.143. The SMILES string of the molecule is CSCC[C@H](NC(=O)[C@H](CCCCN)NC(=O)[C@@H](NC(=O)[C@H](C)NC(=O)[C@H](CCCN=C(N)N)NC(=O)[C@H](S)Cc1ccccc1)[C@@H](C)O)C(=O)N[C@@H](CC(C)C)C(=O)O. The minimum absolute atomic E-state index is 0.0385.